The summed E-state index contributed by atoms with van der Waals surface area (Å²) in [6.07, 6.45) is 0. The molecule has 0 radical (unpaired) electrons. The second-order valence-electron chi connectivity index (χ2n) is 6.45. The summed E-state index contributed by atoms with van der Waals surface area (Å²) in [5.74, 6) is 2.48. The molecule has 154 valence electrons. The van der Waals surface area contributed by atoms with E-state index >= 15 is 0 Å². The van der Waals surface area contributed by atoms with Gasteiger partial charge in [0.15, 0.2) is 17.5 Å². The Hall–Kier alpha value is -2.75. The van der Waals surface area contributed by atoms with Gasteiger partial charge in [-0.25, -0.2) is 9.98 Å². The number of nitrogens with zero attached hydrogens (tertiary/aromatic N) is 3. The number of aromatic nitrogens is 1. The molecule has 0 saturated carbocycles. The number of hydrogen-bond acceptors (Lipinski definition) is 5. The molecule has 0 aliphatic rings. The standard InChI is InChI=1S/C21H25N5O2.HI/c1-26(2)20-11-14(16-7-5-6-8-17(16)25-20)13-23-21(22)24-15-9-10-18(27-3)19(12-15)28-4;/h5-12H,13H2,1-4H3,(H3,22,23,24);1H. The maximum atomic E-state index is 6.10. The monoisotopic (exact) mass is 507 g/mol. The quantitative estimate of drug-likeness (QED) is 0.300. The van der Waals surface area contributed by atoms with Gasteiger partial charge in [-0.05, 0) is 29.8 Å². The van der Waals surface area contributed by atoms with E-state index < -0.39 is 0 Å². The summed E-state index contributed by atoms with van der Waals surface area (Å²) in [7, 11) is 7.13. The molecule has 1 heterocycles. The van der Waals surface area contributed by atoms with Gasteiger partial charge >= 0.3 is 0 Å². The lowest BCUT2D eigenvalue weighted by atomic mass is 10.1. The molecule has 0 spiro atoms. The summed E-state index contributed by atoms with van der Waals surface area (Å²) in [4.78, 5) is 11.2. The number of nitrogens with two attached hydrogens (primary N) is 1. The maximum absolute atomic E-state index is 6.10. The van der Waals surface area contributed by atoms with Gasteiger partial charge in [0.05, 0.1) is 26.3 Å². The number of pyridine rings is 1. The van der Waals surface area contributed by atoms with E-state index in [1.807, 2.05) is 67.5 Å². The molecule has 0 atom stereocenters. The average molecular weight is 507 g/mol. The summed E-state index contributed by atoms with van der Waals surface area (Å²) in [5.41, 5.74) is 8.87. The number of nitrogens with one attached hydrogen (secondary N) is 1. The van der Waals surface area contributed by atoms with Gasteiger partial charge in [0, 0.05) is 31.2 Å². The Morgan fingerprint density at radius 1 is 1.07 bits per heavy atom. The molecule has 2 aromatic carbocycles. The van der Waals surface area contributed by atoms with Crippen molar-refractivity contribution in [2.24, 2.45) is 10.7 Å². The van der Waals surface area contributed by atoms with Crippen LogP contribution in [0.5, 0.6) is 11.5 Å². The van der Waals surface area contributed by atoms with E-state index in [1.165, 1.54) is 0 Å². The van der Waals surface area contributed by atoms with E-state index in [2.05, 4.69) is 15.3 Å². The van der Waals surface area contributed by atoms with Crippen LogP contribution in [0.2, 0.25) is 0 Å². The van der Waals surface area contributed by atoms with Gasteiger partial charge < -0.3 is 25.4 Å². The number of rotatable bonds is 6. The van der Waals surface area contributed by atoms with Crippen LogP contribution in [-0.4, -0.2) is 39.3 Å². The fourth-order valence-corrected chi connectivity index (χ4v) is 2.86. The second kappa shape index (κ2) is 10.1. The predicted molar refractivity (Wildman–Crippen MR) is 130 cm³/mol. The Labute approximate surface area is 187 Å². The summed E-state index contributed by atoms with van der Waals surface area (Å²) in [6, 6.07) is 15.5. The Balaban J connectivity index is 0.00000300. The molecular formula is C21H26IN5O2. The van der Waals surface area contributed by atoms with Crippen molar-refractivity contribution >= 4 is 52.3 Å². The fraction of sp³-hybridized carbons (Fsp3) is 0.238. The minimum atomic E-state index is 0. The number of aliphatic imine (C=N–C) groups is 1. The molecule has 7 nitrogen and oxygen atoms in total. The van der Waals surface area contributed by atoms with E-state index in [0.717, 1.165) is 28.0 Å². The minimum Gasteiger partial charge on any atom is -0.493 e. The Morgan fingerprint density at radius 2 is 1.79 bits per heavy atom. The smallest absolute Gasteiger partial charge is 0.193 e. The number of hydrogen-bond donors (Lipinski definition) is 2. The normalized spacial score (nSPS) is 11.0. The number of anilines is 2. The van der Waals surface area contributed by atoms with Crippen LogP contribution in [0.3, 0.4) is 0 Å². The minimum absolute atomic E-state index is 0. The SMILES string of the molecule is COc1ccc(NC(N)=NCc2cc(N(C)C)nc3ccccc23)cc1OC.I. The molecule has 0 aliphatic carbocycles. The molecule has 0 bridgehead atoms. The van der Waals surface area contributed by atoms with Crippen molar-refractivity contribution in [1.29, 1.82) is 0 Å². The van der Waals surface area contributed by atoms with Gasteiger partial charge in [0.25, 0.3) is 0 Å². The highest BCUT2D eigenvalue weighted by atomic mass is 127. The molecule has 0 unspecified atom stereocenters. The van der Waals surface area contributed by atoms with Crippen molar-refractivity contribution < 1.29 is 9.47 Å². The Morgan fingerprint density at radius 3 is 2.48 bits per heavy atom. The molecule has 1 aromatic heterocycles. The highest BCUT2D eigenvalue weighted by Crippen LogP contribution is 2.29. The first-order valence-corrected chi connectivity index (χ1v) is 8.86. The van der Waals surface area contributed by atoms with Crippen LogP contribution >= 0.6 is 24.0 Å². The predicted octanol–water partition coefficient (Wildman–Crippen LogP) is 3.86. The first kappa shape index (κ1) is 22.5. The van der Waals surface area contributed by atoms with Gasteiger partial charge in [0.2, 0.25) is 0 Å². The molecule has 0 saturated heterocycles. The van der Waals surface area contributed by atoms with Crippen molar-refractivity contribution in [3.63, 3.8) is 0 Å². The first-order chi connectivity index (χ1) is 13.5. The molecule has 3 aromatic rings. The Kier molecular flexibility index (Phi) is 7.89. The van der Waals surface area contributed by atoms with E-state index in [9.17, 15) is 0 Å². The highest BCUT2D eigenvalue weighted by Gasteiger charge is 2.08. The number of guanidine groups is 1. The van der Waals surface area contributed by atoms with Crippen LogP contribution in [0.4, 0.5) is 11.5 Å². The first-order valence-electron chi connectivity index (χ1n) is 8.86. The van der Waals surface area contributed by atoms with Crippen molar-refractivity contribution in [1.82, 2.24) is 4.98 Å². The number of benzene rings is 2. The van der Waals surface area contributed by atoms with Crippen LogP contribution in [0.15, 0.2) is 53.5 Å². The van der Waals surface area contributed by atoms with Gasteiger partial charge in [-0.2, -0.15) is 0 Å². The molecule has 0 amide bonds. The zero-order chi connectivity index (χ0) is 20.1. The Bertz CT molecular complexity index is 1010. The maximum Gasteiger partial charge on any atom is 0.193 e. The topological polar surface area (TPSA) is 85.0 Å². The molecule has 3 N–H and O–H groups in total. The summed E-state index contributed by atoms with van der Waals surface area (Å²) >= 11 is 0. The van der Waals surface area contributed by atoms with Crippen LogP contribution in [0.1, 0.15) is 5.56 Å². The van der Waals surface area contributed by atoms with E-state index in [1.54, 1.807) is 14.2 Å². The third-order valence-electron chi connectivity index (χ3n) is 4.32. The average Bonchev–Trinajstić information content (AvgIpc) is 2.71. The third kappa shape index (κ3) is 5.41. The van der Waals surface area contributed by atoms with E-state index in [-0.39, 0.29) is 24.0 Å². The molecule has 8 heteroatoms. The van der Waals surface area contributed by atoms with Crippen LogP contribution < -0.4 is 25.4 Å². The van der Waals surface area contributed by atoms with Gasteiger partial charge in [-0.3, -0.25) is 0 Å². The zero-order valence-corrected chi connectivity index (χ0v) is 19.3. The fourth-order valence-electron chi connectivity index (χ4n) is 2.86. The summed E-state index contributed by atoms with van der Waals surface area (Å²) in [5, 5.41) is 4.16. The van der Waals surface area contributed by atoms with E-state index in [0.29, 0.717) is 24.0 Å². The lowest BCUT2D eigenvalue weighted by molar-refractivity contribution is 0.355. The number of halogens is 1. The largest absolute Gasteiger partial charge is 0.493 e. The van der Waals surface area contributed by atoms with Crippen LogP contribution in [0, 0.1) is 0 Å². The highest BCUT2D eigenvalue weighted by molar-refractivity contribution is 14.0. The van der Waals surface area contributed by atoms with Crippen LogP contribution in [-0.2, 0) is 6.54 Å². The summed E-state index contributed by atoms with van der Waals surface area (Å²) < 4.78 is 10.6. The van der Waals surface area contributed by atoms with Crippen molar-refractivity contribution in [3.8, 4) is 11.5 Å². The number of para-hydroxylation sites is 1. The molecule has 3 rings (SSSR count). The van der Waals surface area contributed by atoms with Crippen molar-refractivity contribution in [2.75, 3.05) is 38.5 Å². The number of methoxy groups -OCH3 is 2. The van der Waals surface area contributed by atoms with Crippen LogP contribution in [0.25, 0.3) is 10.9 Å². The van der Waals surface area contributed by atoms with Gasteiger partial charge in [0.1, 0.15) is 5.82 Å². The molecule has 0 aliphatic heterocycles. The van der Waals surface area contributed by atoms with Crippen molar-refractivity contribution in [2.45, 2.75) is 6.54 Å². The second-order valence-corrected chi connectivity index (χ2v) is 6.45. The van der Waals surface area contributed by atoms with Gasteiger partial charge in [-0.15, -0.1) is 24.0 Å². The zero-order valence-electron chi connectivity index (χ0n) is 17.0. The summed E-state index contributed by atoms with van der Waals surface area (Å²) in [6.45, 7) is 0.440. The number of fused-ring (bicyclic) bond motifs is 1. The molecule has 29 heavy (non-hydrogen) atoms. The van der Waals surface area contributed by atoms with E-state index in [4.69, 9.17) is 15.2 Å². The van der Waals surface area contributed by atoms with Crippen molar-refractivity contribution in [3.05, 3.63) is 54.1 Å². The molecule has 0 fully saturated rings. The van der Waals surface area contributed by atoms with Gasteiger partial charge in [-0.1, -0.05) is 18.2 Å². The molecular weight excluding hydrogens is 481 g/mol. The number of ether oxygens (including phenoxy) is 2. The lowest BCUT2D eigenvalue weighted by Crippen LogP contribution is -2.22. The lowest BCUT2D eigenvalue weighted by Gasteiger charge is -2.14. The third-order valence-corrected chi connectivity index (χ3v) is 4.32.